The van der Waals surface area contributed by atoms with Crippen LogP contribution < -0.4 is 20.1 Å². The minimum absolute atomic E-state index is 0.0380. The van der Waals surface area contributed by atoms with Crippen LogP contribution in [0.2, 0.25) is 0 Å². The second-order valence-corrected chi connectivity index (χ2v) is 8.19. The second kappa shape index (κ2) is 11.5. The molecule has 1 fully saturated rings. The topological polar surface area (TPSA) is 79.9 Å². The van der Waals surface area contributed by atoms with Gasteiger partial charge in [0.1, 0.15) is 18.1 Å². The van der Waals surface area contributed by atoms with Crippen molar-refractivity contribution in [1.29, 1.82) is 0 Å². The van der Waals surface area contributed by atoms with Crippen LogP contribution in [0.25, 0.3) is 0 Å². The van der Waals surface area contributed by atoms with E-state index in [1.807, 2.05) is 56.3 Å². The highest BCUT2D eigenvalue weighted by atomic mass is 16.5. The highest BCUT2D eigenvalue weighted by molar-refractivity contribution is 5.93. The lowest BCUT2D eigenvalue weighted by Crippen LogP contribution is -2.38. The van der Waals surface area contributed by atoms with E-state index in [0.29, 0.717) is 38.7 Å². The van der Waals surface area contributed by atoms with Crippen molar-refractivity contribution >= 4 is 17.5 Å². The number of hydrogen-bond acceptors (Lipinski definition) is 5. The quantitative estimate of drug-likeness (QED) is 0.496. The summed E-state index contributed by atoms with van der Waals surface area (Å²) in [6.07, 6.45) is 2.51. The van der Waals surface area contributed by atoms with Gasteiger partial charge in [-0.1, -0.05) is 12.1 Å². The summed E-state index contributed by atoms with van der Waals surface area (Å²) < 4.78 is 10.7. The zero-order valence-electron chi connectivity index (χ0n) is 19.1. The van der Waals surface area contributed by atoms with Crippen LogP contribution in [0.5, 0.6) is 11.5 Å². The lowest BCUT2D eigenvalue weighted by Gasteiger charge is -2.21. The van der Waals surface area contributed by atoms with Gasteiger partial charge in [0, 0.05) is 24.7 Å². The third-order valence-corrected chi connectivity index (χ3v) is 5.46. The summed E-state index contributed by atoms with van der Waals surface area (Å²) in [6.45, 7) is 5.68. The third kappa shape index (κ3) is 7.57. The molecular weight excluding hydrogens is 406 g/mol. The number of aryl methyl sites for hydroxylation is 2. The Bertz CT molecular complexity index is 910. The highest BCUT2D eigenvalue weighted by Gasteiger charge is 2.30. The Morgan fingerprint density at radius 1 is 1.03 bits per heavy atom. The molecule has 2 amide bonds. The number of amides is 2. The fourth-order valence-corrected chi connectivity index (χ4v) is 3.44. The van der Waals surface area contributed by atoms with E-state index in [1.54, 1.807) is 7.11 Å². The highest BCUT2D eigenvalue weighted by Crippen LogP contribution is 2.27. The van der Waals surface area contributed by atoms with Crippen LogP contribution in [0.1, 0.15) is 30.4 Å². The van der Waals surface area contributed by atoms with E-state index in [9.17, 15) is 9.59 Å². The van der Waals surface area contributed by atoms with E-state index in [2.05, 4.69) is 15.5 Å². The Balaban J connectivity index is 1.37. The molecular formula is C25H33N3O4. The molecule has 1 saturated carbocycles. The maximum Gasteiger partial charge on any atom is 0.238 e. The summed E-state index contributed by atoms with van der Waals surface area (Å²) in [5, 5.41) is 5.89. The van der Waals surface area contributed by atoms with Gasteiger partial charge in [-0.15, -0.1) is 0 Å². The standard InChI is InChI=1S/C25H33N3O4/c1-18-4-5-19(2)23(16-18)27-25(30)17-28(20-6-7-20)14-12-24(29)26-13-15-32-22-10-8-21(31-3)9-11-22/h4-5,8-11,16,20H,6-7,12-15,17H2,1-3H3,(H,26,29)(H,27,30). The van der Waals surface area contributed by atoms with Crippen LogP contribution >= 0.6 is 0 Å². The van der Waals surface area contributed by atoms with Crippen molar-refractivity contribution in [3.63, 3.8) is 0 Å². The van der Waals surface area contributed by atoms with E-state index in [0.717, 1.165) is 41.2 Å². The SMILES string of the molecule is COc1ccc(OCCNC(=O)CCN(CC(=O)Nc2cc(C)ccc2C)C2CC2)cc1. The largest absolute Gasteiger partial charge is 0.497 e. The maximum absolute atomic E-state index is 12.6. The molecule has 2 N–H and O–H groups in total. The summed E-state index contributed by atoms with van der Waals surface area (Å²) in [5.74, 6) is 1.42. The number of rotatable bonds is 12. The maximum atomic E-state index is 12.6. The number of anilines is 1. The van der Waals surface area contributed by atoms with Crippen LogP contribution in [-0.4, -0.2) is 56.1 Å². The average molecular weight is 440 g/mol. The number of nitrogens with zero attached hydrogens (tertiary/aromatic N) is 1. The van der Waals surface area contributed by atoms with Gasteiger partial charge in [0.15, 0.2) is 0 Å². The first-order valence-electron chi connectivity index (χ1n) is 11.1. The predicted molar refractivity (Wildman–Crippen MR) is 125 cm³/mol. The molecule has 32 heavy (non-hydrogen) atoms. The molecule has 0 spiro atoms. The molecule has 0 atom stereocenters. The van der Waals surface area contributed by atoms with Crippen LogP contribution in [0.15, 0.2) is 42.5 Å². The predicted octanol–water partition coefficient (Wildman–Crippen LogP) is 3.30. The number of carbonyl (C=O) groups excluding carboxylic acids is 2. The first-order chi connectivity index (χ1) is 15.4. The molecule has 7 heteroatoms. The van der Waals surface area contributed by atoms with Gasteiger partial charge >= 0.3 is 0 Å². The first kappa shape index (κ1) is 23.6. The molecule has 0 saturated heterocycles. The number of methoxy groups -OCH3 is 1. The summed E-state index contributed by atoms with van der Waals surface area (Å²) in [4.78, 5) is 26.9. The zero-order valence-corrected chi connectivity index (χ0v) is 19.1. The van der Waals surface area contributed by atoms with Crippen molar-refractivity contribution in [1.82, 2.24) is 10.2 Å². The van der Waals surface area contributed by atoms with Crippen LogP contribution in [0, 0.1) is 13.8 Å². The molecule has 1 aliphatic carbocycles. The van der Waals surface area contributed by atoms with Gasteiger partial charge in [-0.25, -0.2) is 0 Å². The lowest BCUT2D eigenvalue weighted by atomic mass is 10.1. The van der Waals surface area contributed by atoms with Crippen LogP contribution in [0.4, 0.5) is 5.69 Å². The zero-order chi connectivity index (χ0) is 22.9. The fraction of sp³-hybridized carbons (Fsp3) is 0.440. The summed E-state index contributed by atoms with van der Waals surface area (Å²) in [5.41, 5.74) is 3.00. The molecule has 0 radical (unpaired) electrons. The smallest absolute Gasteiger partial charge is 0.238 e. The van der Waals surface area contributed by atoms with Crippen molar-refractivity contribution in [2.24, 2.45) is 0 Å². The second-order valence-electron chi connectivity index (χ2n) is 8.19. The summed E-state index contributed by atoms with van der Waals surface area (Å²) >= 11 is 0. The molecule has 0 unspecified atom stereocenters. The molecule has 0 aromatic heterocycles. The van der Waals surface area contributed by atoms with E-state index < -0.39 is 0 Å². The van der Waals surface area contributed by atoms with Crippen LogP contribution in [-0.2, 0) is 9.59 Å². The van der Waals surface area contributed by atoms with Gasteiger partial charge in [0.05, 0.1) is 20.2 Å². The number of hydrogen-bond donors (Lipinski definition) is 2. The lowest BCUT2D eigenvalue weighted by molar-refractivity contribution is -0.122. The molecule has 0 heterocycles. The van der Waals surface area contributed by atoms with Gasteiger partial charge in [0.2, 0.25) is 11.8 Å². The molecule has 7 nitrogen and oxygen atoms in total. The van der Waals surface area contributed by atoms with Crippen molar-refractivity contribution in [2.45, 2.75) is 39.2 Å². The van der Waals surface area contributed by atoms with Gasteiger partial charge in [0.25, 0.3) is 0 Å². The number of carbonyl (C=O) groups is 2. The Morgan fingerprint density at radius 3 is 2.44 bits per heavy atom. The monoisotopic (exact) mass is 439 g/mol. The Hall–Kier alpha value is -3.06. The van der Waals surface area contributed by atoms with Crippen LogP contribution in [0.3, 0.4) is 0 Å². The van der Waals surface area contributed by atoms with E-state index in [4.69, 9.17) is 9.47 Å². The molecule has 2 aromatic rings. The van der Waals surface area contributed by atoms with Gasteiger partial charge in [-0.2, -0.15) is 0 Å². The molecule has 2 aromatic carbocycles. The molecule has 3 rings (SSSR count). The van der Waals surface area contributed by atoms with E-state index in [-0.39, 0.29) is 11.8 Å². The Morgan fingerprint density at radius 2 is 1.75 bits per heavy atom. The number of nitrogens with one attached hydrogen (secondary N) is 2. The van der Waals surface area contributed by atoms with Gasteiger partial charge < -0.3 is 20.1 Å². The Labute approximate surface area is 190 Å². The molecule has 0 aliphatic heterocycles. The van der Waals surface area contributed by atoms with Crippen molar-refractivity contribution in [3.05, 3.63) is 53.6 Å². The third-order valence-electron chi connectivity index (χ3n) is 5.46. The number of benzene rings is 2. The van der Waals surface area contributed by atoms with Gasteiger partial charge in [-0.05, 0) is 68.1 Å². The van der Waals surface area contributed by atoms with Crippen molar-refractivity contribution in [2.75, 3.05) is 38.7 Å². The minimum atomic E-state index is -0.0427. The minimum Gasteiger partial charge on any atom is -0.497 e. The molecule has 0 bridgehead atoms. The first-order valence-corrected chi connectivity index (χ1v) is 11.1. The van der Waals surface area contributed by atoms with E-state index in [1.165, 1.54) is 0 Å². The molecule has 172 valence electrons. The average Bonchev–Trinajstić information content (AvgIpc) is 3.62. The fourth-order valence-electron chi connectivity index (χ4n) is 3.44. The van der Waals surface area contributed by atoms with Crippen molar-refractivity contribution < 1.29 is 19.1 Å². The number of ether oxygens (including phenoxy) is 2. The molecule has 1 aliphatic rings. The summed E-state index contributed by atoms with van der Waals surface area (Å²) in [7, 11) is 1.62. The summed E-state index contributed by atoms with van der Waals surface area (Å²) in [6, 6.07) is 13.7. The van der Waals surface area contributed by atoms with Crippen molar-refractivity contribution in [3.8, 4) is 11.5 Å². The normalized spacial score (nSPS) is 13.0. The Kier molecular flexibility index (Phi) is 8.50. The van der Waals surface area contributed by atoms with E-state index >= 15 is 0 Å². The van der Waals surface area contributed by atoms with Gasteiger partial charge in [-0.3, -0.25) is 14.5 Å².